The molecule has 0 radical (unpaired) electrons. The van der Waals surface area contributed by atoms with Gasteiger partial charge in [-0.2, -0.15) is 0 Å². The molecule has 126 valence electrons. The highest BCUT2D eigenvalue weighted by Gasteiger charge is 2.34. The number of aryl methyl sites for hydroxylation is 1. The van der Waals surface area contributed by atoms with Crippen LogP contribution in [0.4, 0.5) is 0 Å². The van der Waals surface area contributed by atoms with E-state index < -0.39 is 0 Å². The maximum absolute atomic E-state index is 12.5. The summed E-state index contributed by atoms with van der Waals surface area (Å²) >= 11 is 1.62. The van der Waals surface area contributed by atoms with Gasteiger partial charge in [-0.3, -0.25) is 4.79 Å². The van der Waals surface area contributed by atoms with Crippen LogP contribution in [0.15, 0.2) is 36.4 Å². The van der Waals surface area contributed by atoms with Gasteiger partial charge in [0, 0.05) is 23.0 Å². The summed E-state index contributed by atoms with van der Waals surface area (Å²) in [5.74, 6) is 1.42. The molecule has 3 fully saturated rings. The van der Waals surface area contributed by atoms with Crippen molar-refractivity contribution in [1.29, 1.82) is 0 Å². The van der Waals surface area contributed by atoms with Crippen LogP contribution in [-0.4, -0.2) is 36.5 Å². The Balaban J connectivity index is 1.38. The first kappa shape index (κ1) is 15.7. The van der Waals surface area contributed by atoms with Crippen molar-refractivity contribution in [2.75, 3.05) is 19.6 Å². The smallest absolute Gasteiger partial charge is 0.251 e. The molecular formula is C19H22N2O2S. The average Bonchev–Trinajstić information content (AvgIpc) is 3.01. The maximum atomic E-state index is 12.5. The molecule has 0 spiro atoms. The Bertz CT molecular complexity index is 717. The van der Waals surface area contributed by atoms with Crippen LogP contribution in [0.5, 0.6) is 10.8 Å². The van der Waals surface area contributed by atoms with E-state index >= 15 is 0 Å². The molecule has 3 saturated heterocycles. The number of nitrogens with zero attached hydrogens (tertiary/aromatic N) is 1. The summed E-state index contributed by atoms with van der Waals surface area (Å²) in [5.41, 5.74) is 0.696. The minimum atomic E-state index is 0.0206. The lowest BCUT2D eigenvalue weighted by molar-refractivity contribution is 0.0620. The normalized spacial score (nSPS) is 25.5. The topological polar surface area (TPSA) is 41.6 Å². The summed E-state index contributed by atoms with van der Waals surface area (Å²) in [6.45, 7) is 5.42. The number of nitrogens with one attached hydrogen (secondary N) is 1. The standard InChI is InChI=1S/C19H22N2O2S/c1-13-2-7-18(24-13)23-16-5-3-15(4-6-16)19(22)20-17-12-21-10-8-14(17)9-11-21/h2-7,14,17H,8-12H2,1H3,(H,20,22). The van der Waals surface area contributed by atoms with Gasteiger partial charge in [0.05, 0.1) is 0 Å². The lowest BCUT2D eigenvalue weighted by Gasteiger charge is -2.44. The van der Waals surface area contributed by atoms with E-state index in [0.717, 1.165) is 17.4 Å². The van der Waals surface area contributed by atoms with Crippen molar-refractivity contribution >= 4 is 17.2 Å². The number of thiophene rings is 1. The second kappa shape index (κ2) is 6.57. The maximum Gasteiger partial charge on any atom is 0.251 e. The van der Waals surface area contributed by atoms with Crippen LogP contribution in [0.1, 0.15) is 28.1 Å². The molecule has 24 heavy (non-hydrogen) atoms. The number of carbonyl (C=O) groups excluding carboxylic acids is 1. The number of ether oxygens (including phenoxy) is 1. The lowest BCUT2D eigenvalue weighted by Crippen LogP contribution is -2.57. The zero-order valence-electron chi connectivity index (χ0n) is 13.8. The van der Waals surface area contributed by atoms with E-state index in [1.54, 1.807) is 11.3 Å². The van der Waals surface area contributed by atoms with E-state index in [2.05, 4.69) is 17.1 Å². The highest BCUT2D eigenvalue weighted by molar-refractivity contribution is 7.13. The summed E-state index contributed by atoms with van der Waals surface area (Å²) < 4.78 is 5.80. The predicted molar refractivity (Wildman–Crippen MR) is 96.0 cm³/mol. The van der Waals surface area contributed by atoms with Gasteiger partial charge < -0.3 is 15.0 Å². The fourth-order valence-corrected chi connectivity index (χ4v) is 4.37. The van der Waals surface area contributed by atoms with Crippen LogP contribution in [0.2, 0.25) is 0 Å². The number of benzene rings is 1. The number of piperidine rings is 3. The molecule has 1 amide bonds. The van der Waals surface area contributed by atoms with Crippen molar-refractivity contribution < 1.29 is 9.53 Å². The van der Waals surface area contributed by atoms with Gasteiger partial charge in [0.1, 0.15) is 5.75 Å². The molecule has 0 saturated carbocycles. The Labute approximate surface area is 146 Å². The molecule has 1 atom stereocenters. The van der Waals surface area contributed by atoms with E-state index in [-0.39, 0.29) is 5.91 Å². The SMILES string of the molecule is Cc1ccc(Oc2ccc(C(=O)NC3CN4CCC3CC4)cc2)s1. The van der Waals surface area contributed by atoms with Crippen LogP contribution >= 0.6 is 11.3 Å². The Morgan fingerprint density at radius 3 is 2.50 bits per heavy atom. The predicted octanol–water partition coefficient (Wildman–Crippen LogP) is 3.67. The molecule has 5 heteroatoms. The first-order chi connectivity index (χ1) is 11.7. The summed E-state index contributed by atoms with van der Waals surface area (Å²) in [5, 5.41) is 4.09. The fourth-order valence-electron chi connectivity index (χ4n) is 3.64. The lowest BCUT2D eigenvalue weighted by atomic mass is 9.84. The minimum Gasteiger partial charge on any atom is -0.447 e. The second-order valence-electron chi connectivity index (χ2n) is 6.71. The molecule has 4 heterocycles. The van der Waals surface area contributed by atoms with Gasteiger partial charge in [-0.15, -0.1) is 11.3 Å². The monoisotopic (exact) mass is 342 g/mol. The zero-order chi connectivity index (χ0) is 16.5. The summed E-state index contributed by atoms with van der Waals surface area (Å²) in [4.78, 5) is 16.2. The number of hydrogen-bond donors (Lipinski definition) is 1. The number of hydrogen-bond acceptors (Lipinski definition) is 4. The molecule has 3 aliphatic rings. The molecule has 4 nitrogen and oxygen atoms in total. The third-order valence-electron chi connectivity index (χ3n) is 5.02. The number of rotatable bonds is 4. The summed E-state index contributed by atoms with van der Waals surface area (Å²) in [7, 11) is 0. The Hall–Kier alpha value is -1.85. The molecule has 2 aromatic rings. The first-order valence-corrected chi connectivity index (χ1v) is 9.36. The first-order valence-electron chi connectivity index (χ1n) is 8.55. The molecule has 1 N–H and O–H groups in total. The van der Waals surface area contributed by atoms with Crippen molar-refractivity contribution in [1.82, 2.24) is 10.2 Å². The molecular weight excluding hydrogens is 320 g/mol. The fraction of sp³-hybridized carbons (Fsp3) is 0.421. The second-order valence-corrected chi connectivity index (χ2v) is 7.96. The van der Waals surface area contributed by atoms with Crippen molar-refractivity contribution in [2.24, 2.45) is 5.92 Å². The van der Waals surface area contributed by atoms with Crippen molar-refractivity contribution in [3.05, 3.63) is 46.8 Å². The van der Waals surface area contributed by atoms with Crippen LogP contribution in [-0.2, 0) is 0 Å². The van der Waals surface area contributed by atoms with E-state index in [0.29, 0.717) is 17.5 Å². The molecule has 3 aliphatic heterocycles. The molecule has 2 bridgehead atoms. The Morgan fingerprint density at radius 1 is 1.17 bits per heavy atom. The number of fused-ring (bicyclic) bond motifs is 3. The summed E-state index contributed by atoms with van der Waals surface area (Å²) in [6, 6.07) is 11.7. The van der Waals surface area contributed by atoms with E-state index in [9.17, 15) is 4.79 Å². The van der Waals surface area contributed by atoms with E-state index in [4.69, 9.17) is 4.74 Å². The van der Waals surface area contributed by atoms with Gasteiger partial charge in [0.15, 0.2) is 5.06 Å². The van der Waals surface area contributed by atoms with Gasteiger partial charge in [-0.25, -0.2) is 0 Å². The van der Waals surface area contributed by atoms with Crippen molar-refractivity contribution in [2.45, 2.75) is 25.8 Å². The van der Waals surface area contributed by atoms with E-state index in [1.165, 1.54) is 30.8 Å². The molecule has 0 aliphatic carbocycles. The Kier molecular flexibility index (Phi) is 4.29. The van der Waals surface area contributed by atoms with E-state index in [1.807, 2.05) is 36.4 Å². The van der Waals surface area contributed by atoms with Crippen LogP contribution in [0, 0.1) is 12.8 Å². The molecule has 1 aromatic heterocycles. The van der Waals surface area contributed by atoms with Crippen LogP contribution in [0.25, 0.3) is 0 Å². The number of amides is 1. The molecule has 1 unspecified atom stereocenters. The number of carbonyl (C=O) groups is 1. The highest BCUT2D eigenvalue weighted by Crippen LogP contribution is 2.30. The van der Waals surface area contributed by atoms with Gasteiger partial charge in [-0.1, -0.05) is 0 Å². The van der Waals surface area contributed by atoms with Crippen molar-refractivity contribution in [3.8, 4) is 10.8 Å². The van der Waals surface area contributed by atoms with Crippen molar-refractivity contribution in [3.63, 3.8) is 0 Å². The third-order valence-corrected chi connectivity index (χ3v) is 5.90. The highest BCUT2D eigenvalue weighted by atomic mass is 32.1. The van der Waals surface area contributed by atoms with Gasteiger partial charge in [0.25, 0.3) is 5.91 Å². The minimum absolute atomic E-state index is 0.0206. The molecule has 5 rings (SSSR count). The average molecular weight is 342 g/mol. The van der Waals surface area contributed by atoms with Gasteiger partial charge >= 0.3 is 0 Å². The molecule has 1 aromatic carbocycles. The van der Waals surface area contributed by atoms with Gasteiger partial charge in [-0.05, 0) is 75.2 Å². The Morgan fingerprint density at radius 2 is 1.92 bits per heavy atom. The van der Waals surface area contributed by atoms with Gasteiger partial charge in [0.2, 0.25) is 0 Å². The third kappa shape index (κ3) is 3.32. The zero-order valence-corrected chi connectivity index (χ0v) is 14.6. The summed E-state index contributed by atoms with van der Waals surface area (Å²) in [6.07, 6.45) is 2.41. The largest absolute Gasteiger partial charge is 0.447 e. The van der Waals surface area contributed by atoms with Crippen LogP contribution in [0.3, 0.4) is 0 Å². The quantitative estimate of drug-likeness (QED) is 0.922. The van der Waals surface area contributed by atoms with Crippen LogP contribution < -0.4 is 10.1 Å².